The van der Waals surface area contributed by atoms with Gasteiger partial charge < -0.3 is 11.1 Å². The quantitative estimate of drug-likeness (QED) is 0.701. The fraction of sp³-hybridized carbons (Fsp3) is 0.455. The lowest BCUT2D eigenvalue weighted by Gasteiger charge is -2.27. The second-order valence-corrected chi connectivity index (χ2v) is 8.54. The SMILES string of the molecule is N[C@@H]1C[C@@H](CN2CCC(F)(F)C2)N(CC(=O)Nc2ccc(-n3ccccc3=O)cc2F)C1. The van der Waals surface area contributed by atoms with E-state index in [0.717, 1.165) is 0 Å². The van der Waals surface area contributed by atoms with Gasteiger partial charge in [0.2, 0.25) is 5.91 Å². The van der Waals surface area contributed by atoms with Crippen LogP contribution in [-0.2, 0) is 4.79 Å². The summed E-state index contributed by atoms with van der Waals surface area (Å²) in [6.45, 7) is 0.926. The van der Waals surface area contributed by atoms with Gasteiger partial charge in [0.15, 0.2) is 0 Å². The molecule has 4 rings (SSSR count). The minimum atomic E-state index is -2.67. The number of hydrogen-bond acceptors (Lipinski definition) is 5. The van der Waals surface area contributed by atoms with Gasteiger partial charge in [0, 0.05) is 56.5 Å². The van der Waals surface area contributed by atoms with Crippen molar-refractivity contribution in [1.29, 1.82) is 0 Å². The molecule has 172 valence electrons. The molecule has 1 aromatic heterocycles. The van der Waals surface area contributed by atoms with E-state index in [9.17, 15) is 22.8 Å². The number of aromatic nitrogens is 1. The molecule has 0 bridgehead atoms. The summed E-state index contributed by atoms with van der Waals surface area (Å²) in [6, 6.07) is 8.50. The summed E-state index contributed by atoms with van der Waals surface area (Å²) in [7, 11) is 0. The lowest BCUT2D eigenvalue weighted by molar-refractivity contribution is -0.117. The summed E-state index contributed by atoms with van der Waals surface area (Å²) in [5, 5.41) is 2.56. The third kappa shape index (κ3) is 5.20. The average Bonchev–Trinajstić information content (AvgIpc) is 3.24. The molecule has 3 heterocycles. The van der Waals surface area contributed by atoms with Crippen molar-refractivity contribution in [1.82, 2.24) is 14.4 Å². The zero-order valence-corrected chi connectivity index (χ0v) is 17.5. The fourth-order valence-electron chi connectivity index (χ4n) is 4.44. The van der Waals surface area contributed by atoms with Gasteiger partial charge in [-0.3, -0.25) is 24.0 Å². The van der Waals surface area contributed by atoms with Crippen LogP contribution in [-0.4, -0.2) is 71.0 Å². The first-order valence-electron chi connectivity index (χ1n) is 10.6. The van der Waals surface area contributed by atoms with E-state index in [-0.39, 0.29) is 42.8 Å². The van der Waals surface area contributed by atoms with Crippen LogP contribution in [0.1, 0.15) is 12.8 Å². The van der Waals surface area contributed by atoms with Crippen molar-refractivity contribution in [2.24, 2.45) is 5.73 Å². The van der Waals surface area contributed by atoms with Crippen molar-refractivity contribution < 1.29 is 18.0 Å². The summed E-state index contributed by atoms with van der Waals surface area (Å²) in [6.07, 6.45) is 1.99. The Kier molecular flexibility index (Phi) is 6.36. The van der Waals surface area contributed by atoms with Crippen molar-refractivity contribution in [2.75, 3.05) is 38.0 Å². The minimum Gasteiger partial charge on any atom is -0.326 e. The van der Waals surface area contributed by atoms with E-state index in [1.165, 1.54) is 29.0 Å². The van der Waals surface area contributed by atoms with E-state index in [0.29, 0.717) is 31.7 Å². The fourth-order valence-corrected chi connectivity index (χ4v) is 4.44. The van der Waals surface area contributed by atoms with Crippen molar-refractivity contribution >= 4 is 11.6 Å². The molecule has 0 aliphatic carbocycles. The first-order chi connectivity index (χ1) is 15.2. The molecule has 2 aliphatic rings. The summed E-state index contributed by atoms with van der Waals surface area (Å²) in [4.78, 5) is 28.1. The predicted molar refractivity (Wildman–Crippen MR) is 115 cm³/mol. The molecule has 0 unspecified atom stereocenters. The number of pyridine rings is 1. The summed E-state index contributed by atoms with van der Waals surface area (Å²) in [5.74, 6) is -3.75. The number of carbonyl (C=O) groups is 1. The van der Waals surface area contributed by atoms with Gasteiger partial charge in [0.1, 0.15) is 5.82 Å². The lowest BCUT2D eigenvalue weighted by atomic mass is 10.1. The van der Waals surface area contributed by atoms with Crippen molar-refractivity contribution in [3.63, 3.8) is 0 Å². The standard InChI is InChI=1S/C22H26F3N5O2/c23-18-10-16(30-7-2-1-3-21(30)32)4-5-19(18)27-20(31)13-29-11-15(26)9-17(29)12-28-8-6-22(24,25)14-28/h1-5,7,10,15,17H,6,8-9,11-14,26H2,(H,27,31)/t15-,17+/m1/s1. The number of alkyl halides is 2. The van der Waals surface area contributed by atoms with Crippen molar-refractivity contribution in [3.8, 4) is 5.69 Å². The van der Waals surface area contributed by atoms with E-state index >= 15 is 0 Å². The smallest absolute Gasteiger partial charge is 0.261 e. The first kappa shape index (κ1) is 22.5. The number of halogens is 3. The van der Waals surface area contributed by atoms with Crippen LogP contribution >= 0.6 is 0 Å². The Morgan fingerprint density at radius 2 is 2.06 bits per heavy atom. The maximum absolute atomic E-state index is 14.6. The monoisotopic (exact) mass is 449 g/mol. The number of amides is 1. The van der Waals surface area contributed by atoms with E-state index in [4.69, 9.17) is 5.73 Å². The Balaban J connectivity index is 1.38. The van der Waals surface area contributed by atoms with Gasteiger partial charge in [-0.2, -0.15) is 0 Å². The van der Waals surface area contributed by atoms with E-state index in [1.807, 2.05) is 4.90 Å². The van der Waals surface area contributed by atoms with Gasteiger partial charge in [0.25, 0.3) is 11.5 Å². The molecule has 1 amide bonds. The number of likely N-dealkylation sites (tertiary alicyclic amines) is 2. The van der Waals surface area contributed by atoms with Gasteiger partial charge in [-0.1, -0.05) is 6.07 Å². The Morgan fingerprint density at radius 1 is 1.25 bits per heavy atom. The topological polar surface area (TPSA) is 83.6 Å². The van der Waals surface area contributed by atoms with Crippen molar-refractivity contribution in [2.45, 2.75) is 30.8 Å². The summed E-state index contributed by atoms with van der Waals surface area (Å²) < 4.78 is 42.9. The van der Waals surface area contributed by atoms with Gasteiger partial charge in [-0.25, -0.2) is 13.2 Å². The van der Waals surface area contributed by atoms with Gasteiger partial charge >= 0.3 is 0 Å². The molecule has 32 heavy (non-hydrogen) atoms. The highest BCUT2D eigenvalue weighted by Gasteiger charge is 2.40. The number of anilines is 1. The van der Waals surface area contributed by atoms with Crippen LogP contribution in [0.4, 0.5) is 18.9 Å². The molecule has 7 nitrogen and oxygen atoms in total. The number of nitrogens with two attached hydrogens (primary N) is 1. The van der Waals surface area contributed by atoms with Gasteiger partial charge in [-0.15, -0.1) is 0 Å². The molecule has 2 saturated heterocycles. The molecule has 0 radical (unpaired) electrons. The maximum atomic E-state index is 14.6. The first-order valence-corrected chi connectivity index (χ1v) is 10.6. The molecule has 2 aliphatic heterocycles. The van der Waals surface area contributed by atoms with Crippen molar-refractivity contribution in [3.05, 3.63) is 58.8 Å². The number of hydrogen-bond donors (Lipinski definition) is 2. The molecule has 0 saturated carbocycles. The number of nitrogens with one attached hydrogen (secondary N) is 1. The summed E-state index contributed by atoms with van der Waals surface area (Å²) >= 11 is 0. The highest BCUT2D eigenvalue weighted by Crippen LogP contribution is 2.28. The van der Waals surface area contributed by atoms with Crippen LogP contribution in [0.25, 0.3) is 5.69 Å². The molecule has 1 aromatic carbocycles. The third-order valence-electron chi connectivity index (χ3n) is 5.95. The van der Waals surface area contributed by atoms with Crippen LogP contribution in [0, 0.1) is 5.82 Å². The Bertz CT molecular complexity index is 1040. The largest absolute Gasteiger partial charge is 0.326 e. The van der Waals surface area contributed by atoms with E-state index in [2.05, 4.69) is 5.32 Å². The second-order valence-electron chi connectivity index (χ2n) is 8.54. The van der Waals surface area contributed by atoms with Crippen LogP contribution in [0.3, 0.4) is 0 Å². The number of nitrogens with zero attached hydrogens (tertiary/aromatic N) is 3. The van der Waals surface area contributed by atoms with Crippen LogP contribution < -0.4 is 16.6 Å². The van der Waals surface area contributed by atoms with Crippen LogP contribution in [0.15, 0.2) is 47.4 Å². The molecule has 2 atom stereocenters. The van der Waals surface area contributed by atoms with Gasteiger partial charge in [-0.05, 0) is 24.6 Å². The summed E-state index contributed by atoms with van der Waals surface area (Å²) in [5.41, 5.74) is 6.10. The van der Waals surface area contributed by atoms with Crippen LogP contribution in [0.5, 0.6) is 0 Å². The highest BCUT2D eigenvalue weighted by atomic mass is 19.3. The van der Waals surface area contributed by atoms with E-state index in [1.54, 1.807) is 23.1 Å². The average molecular weight is 449 g/mol. The highest BCUT2D eigenvalue weighted by molar-refractivity contribution is 5.92. The second kappa shape index (κ2) is 9.05. The molecule has 2 aromatic rings. The van der Waals surface area contributed by atoms with Gasteiger partial charge in [0.05, 0.1) is 24.5 Å². The Labute approximate surface area is 183 Å². The number of rotatable bonds is 6. The molecule has 2 fully saturated rings. The normalized spacial score (nSPS) is 23.5. The minimum absolute atomic E-state index is 0.00182. The molecule has 10 heteroatoms. The van der Waals surface area contributed by atoms with E-state index < -0.39 is 17.6 Å². The zero-order valence-electron chi connectivity index (χ0n) is 17.5. The molecule has 3 N–H and O–H groups in total. The predicted octanol–water partition coefficient (Wildman–Crippen LogP) is 1.66. The molecular weight excluding hydrogens is 423 g/mol. The Morgan fingerprint density at radius 3 is 2.75 bits per heavy atom. The zero-order chi connectivity index (χ0) is 22.9. The maximum Gasteiger partial charge on any atom is 0.261 e. The Hall–Kier alpha value is -2.69. The molecule has 0 spiro atoms. The number of carbonyl (C=O) groups excluding carboxylic acids is 1. The third-order valence-corrected chi connectivity index (χ3v) is 5.95. The number of benzene rings is 1. The molecular formula is C22H26F3N5O2. The van der Waals surface area contributed by atoms with Crippen LogP contribution in [0.2, 0.25) is 0 Å². The lowest BCUT2D eigenvalue weighted by Crippen LogP contribution is -2.43.